The van der Waals surface area contributed by atoms with Crippen LogP contribution in [0, 0.1) is 0 Å². The highest BCUT2D eigenvalue weighted by Crippen LogP contribution is 2.26. The van der Waals surface area contributed by atoms with E-state index in [1.807, 2.05) is 54.6 Å². The van der Waals surface area contributed by atoms with Crippen molar-refractivity contribution in [2.75, 3.05) is 17.7 Å². The largest absolute Gasteiger partial charge is 0.497 e. The van der Waals surface area contributed by atoms with E-state index in [4.69, 9.17) is 14.1 Å². The van der Waals surface area contributed by atoms with Gasteiger partial charge in [0, 0.05) is 23.4 Å². The topological polar surface area (TPSA) is 115 Å². The number of para-hydroxylation sites is 1. The van der Waals surface area contributed by atoms with Gasteiger partial charge in [0.15, 0.2) is 0 Å². The van der Waals surface area contributed by atoms with Gasteiger partial charge >= 0.3 is 6.01 Å². The Labute approximate surface area is 183 Å². The molecule has 2 N–H and O–H groups in total. The molecule has 0 bridgehead atoms. The van der Waals surface area contributed by atoms with E-state index < -0.39 is 6.17 Å². The maximum absolute atomic E-state index is 12.9. The summed E-state index contributed by atoms with van der Waals surface area (Å²) in [4.78, 5) is 21.8. The number of nitrogens with zero attached hydrogens (tertiary/aromatic N) is 4. The SMILES string of the molecule is COc1ccnc(-c2nnc(NC3N=C(c4ccccc4)c4ccccc4NC3=O)o2)c1. The molecule has 0 saturated heterocycles. The number of benzodiazepines with no additional fused rings is 1. The lowest BCUT2D eigenvalue weighted by Crippen LogP contribution is -2.32. The van der Waals surface area contributed by atoms with E-state index in [-0.39, 0.29) is 17.8 Å². The molecule has 9 nitrogen and oxygen atoms in total. The number of hydrogen-bond donors (Lipinski definition) is 2. The smallest absolute Gasteiger partial charge is 0.317 e. The van der Waals surface area contributed by atoms with Crippen molar-refractivity contribution in [3.05, 3.63) is 84.1 Å². The summed E-state index contributed by atoms with van der Waals surface area (Å²) in [7, 11) is 1.56. The summed E-state index contributed by atoms with van der Waals surface area (Å²) in [6.45, 7) is 0. The number of methoxy groups -OCH3 is 1. The zero-order chi connectivity index (χ0) is 21.9. The third-order valence-corrected chi connectivity index (χ3v) is 4.87. The van der Waals surface area contributed by atoms with Crippen molar-refractivity contribution in [1.82, 2.24) is 15.2 Å². The molecule has 0 radical (unpaired) electrons. The number of anilines is 2. The average Bonchev–Trinajstić information content (AvgIpc) is 3.26. The minimum absolute atomic E-state index is 0.0480. The molecule has 2 aromatic carbocycles. The minimum atomic E-state index is -0.982. The Morgan fingerprint density at radius 2 is 1.84 bits per heavy atom. The van der Waals surface area contributed by atoms with E-state index in [0.717, 1.165) is 11.1 Å². The van der Waals surface area contributed by atoms with Crippen LogP contribution in [0.2, 0.25) is 0 Å². The van der Waals surface area contributed by atoms with Gasteiger partial charge in [0.1, 0.15) is 11.4 Å². The number of benzene rings is 2. The molecule has 32 heavy (non-hydrogen) atoms. The molecule has 1 unspecified atom stereocenters. The van der Waals surface area contributed by atoms with Crippen molar-refractivity contribution < 1.29 is 13.9 Å². The Morgan fingerprint density at radius 1 is 1.03 bits per heavy atom. The van der Waals surface area contributed by atoms with Crippen LogP contribution >= 0.6 is 0 Å². The molecule has 158 valence electrons. The van der Waals surface area contributed by atoms with E-state index in [9.17, 15) is 4.79 Å². The van der Waals surface area contributed by atoms with Crippen LogP contribution in [0.15, 0.2) is 82.3 Å². The Hall–Kier alpha value is -4.53. The van der Waals surface area contributed by atoms with Gasteiger partial charge in [-0.25, -0.2) is 4.99 Å². The molecule has 0 aliphatic carbocycles. The Bertz CT molecular complexity index is 1300. The minimum Gasteiger partial charge on any atom is -0.497 e. The first-order valence-corrected chi connectivity index (χ1v) is 9.85. The predicted molar refractivity (Wildman–Crippen MR) is 119 cm³/mol. The summed E-state index contributed by atoms with van der Waals surface area (Å²) in [5.74, 6) is 0.458. The lowest BCUT2D eigenvalue weighted by molar-refractivity contribution is -0.116. The zero-order valence-corrected chi connectivity index (χ0v) is 17.0. The van der Waals surface area contributed by atoms with Crippen LogP contribution in [0.5, 0.6) is 5.75 Å². The van der Waals surface area contributed by atoms with Gasteiger partial charge in [0.05, 0.1) is 18.5 Å². The zero-order valence-electron chi connectivity index (χ0n) is 17.0. The summed E-state index contributed by atoms with van der Waals surface area (Å²) in [5.41, 5.74) is 3.51. The third-order valence-electron chi connectivity index (χ3n) is 4.87. The van der Waals surface area contributed by atoms with Crippen molar-refractivity contribution in [2.45, 2.75) is 6.17 Å². The van der Waals surface area contributed by atoms with Crippen molar-refractivity contribution in [1.29, 1.82) is 0 Å². The first-order chi connectivity index (χ1) is 15.7. The summed E-state index contributed by atoms with van der Waals surface area (Å²) < 4.78 is 10.9. The molecule has 0 saturated carbocycles. The Balaban J connectivity index is 1.48. The highest BCUT2D eigenvalue weighted by molar-refractivity contribution is 6.19. The second-order valence-electron chi connectivity index (χ2n) is 6.92. The maximum atomic E-state index is 12.9. The Morgan fingerprint density at radius 3 is 2.69 bits per heavy atom. The molecule has 0 fully saturated rings. The van der Waals surface area contributed by atoms with Crippen LogP contribution in [0.4, 0.5) is 11.7 Å². The van der Waals surface area contributed by atoms with Crippen LogP contribution in [-0.4, -0.2) is 40.1 Å². The monoisotopic (exact) mass is 426 g/mol. The van der Waals surface area contributed by atoms with E-state index in [0.29, 0.717) is 22.8 Å². The van der Waals surface area contributed by atoms with Gasteiger partial charge in [0.2, 0.25) is 6.17 Å². The molecule has 3 heterocycles. The van der Waals surface area contributed by atoms with Crippen molar-refractivity contribution in [3.8, 4) is 17.3 Å². The quantitative estimate of drug-likeness (QED) is 0.503. The Kier molecular flexibility index (Phi) is 5.04. The summed E-state index contributed by atoms with van der Waals surface area (Å²) in [5, 5.41) is 13.8. The highest BCUT2D eigenvalue weighted by Gasteiger charge is 2.27. The van der Waals surface area contributed by atoms with Gasteiger partial charge in [-0.1, -0.05) is 53.6 Å². The number of nitrogens with one attached hydrogen (secondary N) is 2. The molecule has 9 heteroatoms. The number of ether oxygens (including phenoxy) is 1. The first kappa shape index (κ1) is 19.4. The second-order valence-corrected chi connectivity index (χ2v) is 6.92. The predicted octanol–water partition coefficient (Wildman–Crippen LogP) is 3.37. The molecule has 1 aliphatic rings. The van der Waals surface area contributed by atoms with E-state index in [1.54, 1.807) is 25.4 Å². The normalized spacial score (nSPS) is 15.2. The fourth-order valence-electron chi connectivity index (χ4n) is 3.34. The van der Waals surface area contributed by atoms with Crippen molar-refractivity contribution >= 4 is 23.3 Å². The molecule has 1 aliphatic heterocycles. The van der Waals surface area contributed by atoms with Gasteiger partial charge in [0.25, 0.3) is 11.8 Å². The van der Waals surface area contributed by atoms with E-state index >= 15 is 0 Å². The van der Waals surface area contributed by atoms with Crippen LogP contribution in [0.25, 0.3) is 11.6 Å². The van der Waals surface area contributed by atoms with Gasteiger partial charge in [-0.3, -0.25) is 9.78 Å². The first-order valence-electron chi connectivity index (χ1n) is 9.85. The number of rotatable bonds is 5. The lowest BCUT2D eigenvalue weighted by atomic mass is 10.0. The van der Waals surface area contributed by atoms with Crippen molar-refractivity contribution in [2.24, 2.45) is 4.99 Å². The number of carbonyl (C=O) groups is 1. The van der Waals surface area contributed by atoms with Gasteiger partial charge in [-0.15, -0.1) is 5.10 Å². The molecule has 5 rings (SSSR count). The van der Waals surface area contributed by atoms with Crippen LogP contribution < -0.4 is 15.4 Å². The number of carbonyl (C=O) groups excluding carboxylic acids is 1. The van der Waals surface area contributed by atoms with Gasteiger partial charge in [-0.05, 0) is 12.1 Å². The summed E-state index contributed by atoms with van der Waals surface area (Å²) >= 11 is 0. The molecular formula is C23H18N6O3. The molecule has 2 aromatic heterocycles. The third kappa shape index (κ3) is 3.79. The van der Waals surface area contributed by atoms with E-state index in [2.05, 4.69) is 25.8 Å². The maximum Gasteiger partial charge on any atom is 0.317 e. The number of aromatic nitrogens is 3. The second kappa shape index (κ2) is 8.31. The fourth-order valence-corrected chi connectivity index (χ4v) is 3.34. The van der Waals surface area contributed by atoms with Crippen LogP contribution in [0.1, 0.15) is 11.1 Å². The van der Waals surface area contributed by atoms with Gasteiger partial charge < -0.3 is 19.8 Å². The number of fused-ring (bicyclic) bond motifs is 1. The van der Waals surface area contributed by atoms with Crippen LogP contribution in [0.3, 0.4) is 0 Å². The summed E-state index contributed by atoms with van der Waals surface area (Å²) in [6.07, 6.45) is 0.599. The molecule has 1 amide bonds. The fraction of sp³-hybridized carbons (Fsp3) is 0.0870. The molecule has 4 aromatic rings. The lowest BCUT2D eigenvalue weighted by Gasteiger charge is -2.11. The van der Waals surface area contributed by atoms with Gasteiger partial charge in [-0.2, -0.15) is 0 Å². The number of amides is 1. The number of hydrogen-bond acceptors (Lipinski definition) is 8. The van der Waals surface area contributed by atoms with E-state index in [1.165, 1.54) is 0 Å². The number of aliphatic imine (C=N–C) groups is 1. The molecular weight excluding hydrogens is 408 g/mol. The molecule has 1 atom stereocenters. The average molecular weight is 426 g/mol. The standard InChI is InChI=1S/C23H18N6O3/c1-31-15-11-12-24-18(13-15)22-28-29-23(32-22)27-20-21(30)25-17-10-6-5-9-16(17)19(26-20)14-7-3-2-4-8-14/h2-13,20H,1H3,(H,25,30)(H,27,29). The van der Waals surface area contributed by atoms with Crippen LogP contribution in [-0.2, 0) is 4.79 Å². The number of pyridine rings is 1. The highest BCUT2D eigenvalue weighted by atomic mass is 16.5. The van der Waals surface area contributed by atoms with Crippen molar-refractivity contribution in [3.63, 3.8) is 0 Å². The molecule has 0 spiro atoms. The summed E-state index contributed by atoms with van der Waals surface area (Å²) in [6, 6.07) is 20.6.